The maximum absolute atomic E-state index is 14.1. The molecule has 0 saturated carbocycles. The van der Waals surface area contributed by atoms with Crippen LogP contribution in [-0.4, -0.2) is 34.1 Å². The number of hydrogen-bond acceptors (Lipinski definition) is 6. The number of halogens is 1. The topological polar surface area (TPSA) is 71.0 Å². The number of thioether (sulfide) groups is 1. The first-order chi connectivity index (χ1) is 14.2. The molecule has 0 spiro atoms. The van der Waals surface area contributed by atoms with E-state index in [1.54, 1.807) is 32.9 Å². The predicted octanol–water partition coefficient (Wildman–Crippen LogP) is 4.27. The average molecular weight is 432 g/mol. The Morgan fingerprint density at radius 3 is 2.67 bits per heavy atom. The second kappa shape index (κ2) is 9.04. The van der Waals surface area contributed by atoms with Crippen molar-refractivity contribution in [3.05, 3.63) is 58.0 Å². The number of rotatable bonds is 6. The molecular formula is C22H26FN3O3S. The smallest absolute Gasteiger partial charge is 0.338 e. The SMILES string of the molecule is CC1=C(C(=O)OC(C)C)C(c2cccc(F)c2)N2C(CC(=O)NC(C)C)=CSC2=N1. The number of aliphatic imine (C=N–C) groups is 1. The first kappa shape index (κ1) is 22.1. The molecule has 2 aliphatic rings. The van der Waals surface area contributed by atoms with Crippen molar-refractivity contribution in [1.29, 1.82) is 0 Å². The van der Waals surface area contributed by atoms with Crippen molar-refractivity contribution >= 4 is 28.8 Å². The summed E-state index contributed by atoms with van der Waals surface area (Å²) in [5.74, 6) is -1.03. The highest BCUT2D eigenvalue weighted by atomic mass is 32.2. The second-order valence-electron chi connectivity index (χ2n) is 7.80. The molecule has 160 valence electrons. The number of amidine groups is 1. The van der Waals surface area contributed by atoms with Crippen molar-refractivity contribution in [1.82, 2.24) is 10.2 Å². The molecule has 0 bridgehead atoms. The number of nitrogens with zero attached hydrogens (tertiary/aromatic N) is 2. The van der Waals surface area contributed by atoms with Crippen LogP contribution in [0.15, 0.2) is 51.6 Å². The van der Waals surface area contributed by atoms with Crippen LogP contribution in [0.4, 0.5) is 4.39 Å². The average Bonchev–Trinajstić information content (AvgIpc) is 3.01. The number of esters is 1. The molecule has 1 aromatic carbocycles. The summed E-state index contributed by atoms with van der Waals surface area (Å²) in [6.45, 7) is 9.08. The molecule has 30 heavy (non-hydrogen) atoms. The Kier molecular flexibility index (Phi) is 6.65. The van der Waals surface area contributed by atoms with Gasteiger partial charge in [0, 0.05) is 11.7 Å². The first-order valence-electron chi connectivity index (χ1n) is 9.87. The molecule has 0 aliphatic carbocycles. The Labute approximate surface area is 180 Å². The molecular weight excluding hydrogens is 405 g/mol. The van der Waals surface area contributed by atoms with E-state index < -0.39 is 17.8 Å². The van der Waals surface area contributed by atoms with E-state index in [2.05, 4.69) is 10.3 Å². The Morgan fingerprint density at radius 2 is 2.03 bits per heavy atom. The molecule has 0 aromatic heterocycles. The minimum atomic E-state index is -0.632. The van der Waals surface area contributed by atoms with Crippen LogP contribution in [0.2, 0.25) is 0 Å². The number of ether oxygens (including phenoxy) is 1. The zero-order chi connectivity index (χ0) is 22.0. The van der Waals surface area contributed by atoms with Gasteiger partial charge in [-0.25, -0.2) is 14.2 Å². The highest BCUT2D eigenvalue weighted by Crippen LogP contribution is 2.44. The van der Waals surface area contributed by atoms with Gasteiger partial charge in [0.2, 0.25) is 5.91 Å². The van der Waals surface area contributed by atoms with Crippen molar-refractivity contribution < 1.29 is 18.7 Å². The van der Waals surface area contributed by atoms with Gasteiger partial charge in [0.15, 0.2) is 5.17 Å². The molecule has 3 rings (SSSR count). The number of carbonyl (C=O) groups is 2. The molecule has 2 aliphatic heterocycles. The number of carbonyl (C=O) groups excluding carboxylic acids is 2. The molecule has 1 amide bonds. The van der Waals surface area contributed by atoms with Gasteiger partial charge in [-0.3, -0.25) is 4.79 Å². The van der Waals surface area contributed by atoms with Gasteiger partial charge in [-0.15, -0.1) is 0 Å². The third-order valence-corrected chi connectivity index (χ3v) is 5.41. The van der Waals surface area contributed by atoms with E-state index in [0.29, 0.717) is 27.7 Å². The Balaban J connectivity index is 2.04. The lowest BCUT2D eigenvalue weighted by Gasteiger charge is -2.36. The van der Waals surface area contributed by atoms with Crippen molar-refractivity contribution in [2.24, 2.45) is 4.99 Å². The molecule has 1 N–H and O–H groups in total. The number of benzene rings is 1. The van der Waals surface area contributed by atoms with Crippen LogP contribution in [0.3, 0.4) is 0 Å². The van der Waals surface area contributed by atoms with Crippen LogP contribution >= 0.6 is 11.8 Å². The molecule has 6 nitrogen and oxygen atoms in total. The molecule has 1 atom stereocenters. The summed E-state index contributed by atoms with van der Waals surface area (Å²) in [7, 11) is 0. The van der Waals surface area contributed by atoms with Gasteiger partial charge >= 0.3 is 5.97 Å². The predicted molar refractivity (Wildman–Crippen MR) is 116 cm³/mol. The van der Waals surface area contributed by atoms with Crippen molar-refractivity contribution in [2.45, 2.75) is 59.2 Å². The monoisotopic (exact) mass is 431 g/mol. The lowest BCUT2D eigenvalue weighted by molar-refractivity contribution is -0.143. The van der Waals surface area contributed by atoms with E-state index in [1.807, 2.05) is 24.2 Å². The zero-order valence-corrected chi connectivity index (χ0v) is 18.5. The molecule has 0 saturated heterocycles. The van der Waals surface area contributed by atoms with Crippen LogP contribution in [0, 0.1) is 5.82 Å². The molecule has 1 aromatic rings. The van der Waals surface area contributed by atoms with Crippen LogP contribution in [0.25, 0.3) is 0 Å². The second-order valence-corrected chi connectivity index (χ2v) is 8.64. The quantitative estimate of drug-likeness (QED) is 0.681. The van der Waals surface area contributed by atoms with Gasteiger partial charge in [-0.05, 0) is 57.7 Å². The summed E-state index contributed by atoms with van der Waals surface area (Å²) in [4.78, 5) is 31.8. The molecule has 2 heterocycles. The van der Waals surface area contributed by atoms with E-state index in [0.717, 1.165) is 0 Å². The summed E-state index contributed by atoms with van der Waals surface area (Å²) in [5, 5.41) is 5.38. The van der Waals surface area contributed by atoms with Gasteiger partial charge in [0.25, 0.3) is 0 Å². The third-order valence-electron chi connectivity index (χ3n) is 4.52. The normalized spacial score (nSPS) is 18.4. The maximum atomic E-state index is 14.1. The van der Waals surface area contributed by atoms with Gasteiger partial charge in [0.05, 0.1) is 29.8 Å². The van der Waals surface area contributed by atoms with E-state index in [4.69, 9.17) is 4.74 Å². The fourth-order valence-corrected chi connectivity index (χ4v) is 4.40. The summed E-state index contributed by atoms with van der Waals surface area (Å²) in [6, 6.07) is 5.51. The van der Waals surface area contributed by atoms with Crippen molar-refractivity contribution in [3.8, 4) is 0 Å². The molecule has 0 fully saturated rings. The Morgan fingerprint density at radius 1 is 1.30 bits per heavy atom. The number of fused-ring (bicyclic) bond motifs is 1. The minimum Gasteiger partial charge on any atom is -0.459 e. The number of hydrogen-bond donors (Lipinski definition) is 1. The van der Waals surface area contributed by atoms with Crippen LogP contribution in [-0.2, 0) is 14.3 Å². The van der Waals surface area contributed by atoms with E-state index in [-0.39, 0.29) is 24.5 Å². The minimum absolute atomic E-state index is 0.0133. The highest BCUT2D eigenvalue weighted by molar-refractivity contribution is 8.16. The molecule has 0 radical (unpaired) electrons. The van der Waals surface area contributed by atoms with Gasteiger partial charge in [-0.1, -0.05) is 23.9 Å². The van der Waals surface area contributed by atoms with Crippen LogP contribution in [0.5, 0.6) is 0 Å². The maximum Gasteiger partial charge on any atom is 0.338 e. The van der Waals surface area contributed by atoms with E-state index >= 15 is 0 Å². The number of nitrogens with one attached hydrogen (secondary N) is 1. The van der Waals surface area contributed by atoms with E-state index in [1.165, 1.54) is 23.9 Å². The fourth-order valence-electron chi connectivity index (χ4n) is 3.44. The number of allylic oxidation sites excluding steroid dienone is 1. The Bertz CT molecular complexity index is 953. The van der Waals surface area contributed by atoms with E-state index in [9.17, 15) is 14.0 Å². The highest BCUT2D eigenvalue weighted by Gasteiger charge is 2.41. The lowest BCUT2D eigenvalue weighted by atomic mass is 9.93. The van der Waals surface area contributed by atoms with Crippen LogP contribution in [0.1, 0.15) is 52.6 Å². The van der Waals surface area contributed by atoms with Crippen molar-refractivity contribution in [2.75, 3.05) is 0 Å². The first-order valence-corrected chi connectivity index (χ1v) is 10.8. The van der Waals surface area contributed by atoms with Gasteiger partial charge in [-0.2, -0.15) is 0 Å². The van der Waals surface area contributed by atoms with Gasteiger partial charge in [0.1, 0.15) is 5.82 Å². The zero-order valence-electron chi connectivity index (χ0n) is 17.7. The molecule has 1 unspecified atom stereocenters. The largest absolute Gasteiger partial charge is 0.459 e. The molecule has 8 heteroatoms. The van der Waals surface area contributed by atoms with Gasteiger partial charge < -0.3 is 15.0 Å². The van der Waals surface area contributed by atoms with Crippen molar-refractivity contribution in [3.63, 3.8) is 0 Å². The third kappa shape index (κ3) is 4.75. The number of amides is 1. The Hall–Kier alpha value is -2.61. The summed E-state index contributed by atoms with van der Waals surface area (Å²) < 4.78 is 19.6. The summed E-state index contributed by atoms with van der Waals surface area (Å²) in [5.41, 5.74) is 2.16. The standard InChI is InChI=1S/C22H26FN3O3S/c1-12(2)24-18(27)10-17-11-30-22-25-14(5)19(21(28)29-13(3)4)20(26(17)22)15-7-6-8-16(23)9-15/h6-9,11-13,20H,10H2,1-5H3,(H,24,27). The summed E-state index contributed by atoms with van der Waals surface area (Å²) >= 11 is 1.38. The van der Waals surface area contributed by atoms with Crippen LogP contribution < -0.4 is 5.32 Å². The summed E-state index contributed by atoms with van der Waals surface area (Å²) in [6.07, 6.45) is -0.183. The lowest BCUT2D eigenvalue weighted by Crippen LogP contribution is -2.39. The fraction of sp³-hybridized carbons (Fsp3) is 0.409.